The van der Waals surface area contributed by atoms with Gasteiger partial charge < -0.3 is 9.63 Å². The molecule has 0 aliphatic heterocycles. The molecule has 0 aliphatic rings. The standard InChI is InChI=1S/C15H20N2O2/c1-9-5-10(2)7-13(6-9)8-14-16-15(19-17-14)11(3)12(4)18/h5-7,11-12,18H,8H2,1-4H3. The molecule has 4 heteroatoms. The van der Waals surface area contributed by atoms with E-state index in [0.717, 1.165) is 0 Å². The van der Waals surface area contributed by atoms with Gasteiger partial charge in [-0.2, -0.15) is 4.98 Å². The first-order chi connectivity index (χ1) is 8.95. The lowest BCUT2D eigenvalue weighted by Gasteiger charge is -2.08. The molecule has 19 heavy (non-hydrogen) atoms. The Hall–Kier alpha value is -1.68. The van der Waals surface area contributed by atoms with Gasteiger partial charge in [0.25, 0.3) is 0 Å². The lowest BCUT2D eigenvalue weighted by molar-refractivity contribution is 0.151. The van der Waals surface area contributed by atoms with Crippen molar-refractivity contribution in [1.82, 2.24) is 10.1 Å². The Morgan fingerprint density at radius 1 is 1.16 bits per heavy atom. The van der Waals surface area contributed by atoms with Crippen LogP contribution in [-0.4, -0.2) is 21.4 Å². The van der Waals surface area contributed by atoms with Crippen molar-refractivity contribution in [3.63, 3.8) is 0 Å². The second kappa shape index (κ2) is 5.53. The van der Waals surface area contributed by atoms with Crippen LogP contribution in [0.3, 0.4) is 0 Å². The number of benzene rings is 1. The van der Waals surface area contributed by atoms with Crippen LogP contribution in [0.4, 0.5) is 0 Å². The minimum absolute atomic E-state index is 0.138. The number of nitrogens with zero attached hydrogens (tertiary/aromatic N) is 2. The Labute approximate surface area is 113 Å². The van der Waals surface area contributed by atoms with Crippen molar-refractivity contribution in [2.24, 2.45) is 0 Å². The summed E-state index contributed by atoms with van der Waals surface area (Å²) in [6.07, 6.45) is 0.160. The maximum absolute atomic E-state index is 9.52. The van der Waals surface area contributed by atoms with E-state index in [0.29, 0.717) is 18.1 Å². The fraction of sp³-hybridized carbons (Fsp3) is 0.467. The first-order valence-corrected chi connectivity index (χ1v) is 6.53. The summed E-state index contributed by atoms with van der Waals surface area (Å²) in [4.78, 5) is 4.35. The van der Waals surface area contributed by atoms with E-state index in [1.54, 1.807) is 6.92 Å². The van der Waals surface area contributed by atoms with E-state index in [1.165, 1.54) is 16.7 Å². The van der Waals surface area contributed by atoms with Crippen molar-refractivity contribution in [2.45, 2.75) is 46.1 Å². The van der Waals surface area contributed by atoms with Crippen LogP contribution in [0.2, 0.25) is 0 Å². The fourth-order valence-electron chi connectivity index (χ4n) is 2.08. The zero-order valence-corrected chi connectivity index (χ0v) is 11.8. The van der Waals surface area contributed by atoms with E-state index >= 15 is 0 Å². The van der Waals surface area contributed by atoms with Crippen LogP contribution in [0.1, 0.15) is 48.2 Å². The van der Waals surface area contributed by atoms with Gasteiger partial charge in [0.05, 0.1) is 12.0 Å². The van der Waals surface area contributed by atoms with Crippen molar-refractivity contribution in [3.05, 3.63) is 46.6 Å². The second-order valence-corrected chi connectivity index (χ2v) is 5.25. The number of aliphatic hydroxyl groups excluding tert-OH is 1. The highest BCUT2D eigenvalue weighted by Gasteiger charge is 2.18. The number of rotatable bonds is 4. The molecule has 0 saturated heterocycles. The van der Waals surface area contributed by atoms with Gasteiger partial charge >= 0.3 is 0 Å². The van der Waals surface area contributed by atoms with Crippen LogP contribution in [0.15, 0.2) is 22.7 Å². The predicted octanol–water partition coefficient (Wildman–Crippen LogP) is 2.76. The molecule has 0 amide bonds. The summed E-state index contributed by atoms with van der Waals surface area (Å²) in [6, 6.07) is 6.39. The van der Waals surface area contributed by atoms with Crippen molar-refractivity contribution < 1.29 is 9.63 Å². The quantitative estimate of drug-likeness (QED) is 0.918. The third-order valence-corrected chi connectivity index (χ3v) is 3.24. The van der Waals surface area contributed by atoms with Crippen molar-refractivity contribution in [3.8, 4) is 0 Å². The maximum Gasteiger partial charge on any atom is 0.232 e. The lowest BCUT2D eigenvalue weighted by Crippen LogP contribution is -2.11. The van der Waals surface area contributed by atoms with Crippen molar-refractivity contribution >= 4 is 0 Å². The van der Waals surface area contributed by atoms with Gasteiger partial charge in [-0.25, -0.2) is 0 Å². The molecule has 0 fully saturated rings. The predicted molar refractivity (Wildman–Crippen MR) is 73.1 cm³/mol. The number of hydrogen-bond donors (Lipinski definition) is 1. The average molecular weight is 260 g/mol. The van der Waals surface area contributed by atoms with Gasteiger partial charge in [-0.3, -0.25) is 0 Å². The molecule has 2 rings (SSSR count). The largest absolute Gasteiger partial charge is 0.393 e. The zero-order valence-electron chi connectivity index (χ0n) is 11.8. The van der Waals surface area contributed by atoms with Gasteiger partial charge in [0, 0.05) is 6.42 Å². The molecule has 0 spiro atoms. The summed E-state index contributed by atoms with van der Waals surface area (Å²) >= 11 is 0. The number of hydrogen-bond acceptors (Lipinski definition) is 4. The molecular formula is C15H20N2O2. The lowest BCUT2D eigenvalue weighted by atomic mass is 10.0. The molecule has 0 aliphatic carbocycles. The smallest absolute Gasteiger partial charge is 0.232 e. The van der Waals surface area contributed by atoms with Gasteiger partial charge in [0.2, 0.25) is 5.89 Å². The minimum atomic E-state index is -0.491. The van der Waals surface area contributed by atoms with E-state index in [9.17, 15) is 5.11 Å². The molecule has 1 aromatic heterocycles. The van der Waals surface area contributed by atoms with Gasteiger partial charge in [-0.05, 0) is 26.3 Å². The van der Waals surface area contributed by atoms with E-state index < -0.39 is 6.10 Å². The number of aryl methyl sites for hydroxylation is 2. The van der Waals surface area contributed by atoms with Gasteiger partial charge in [0.1, 0.15) is 0 Å². The Morgan fingerprint density at radius 2 is 1.79 bits per heavy atom. The summed E-state index contributed by atoms with van der Waals surface area (Å²) in [6.45, 7) is 7.75. The Bertz CT molecular complexity index is 541. The zero-order chi connectivity index (χ0) is 14.0. The van der Waals surface area contributed by atoms with Crippen LogP contribution < -0.4 is 0 Å². The van der Waals surface area contributed by atoms with Crippen molar-refractivity contribution in [2.75, 3.05) is 0 Å². The summed E-state index contributed by atoms with van der Waals surface area (Å²) in [5.74, 6) is 1.02. The van der Waals surface area contributed by atoms with E-state index in [4.69, 9.17) is 4.52 Å². The molecule has 2 atom stereocenters. The maximum atomic E-state index is 9.52. The first-order valence-electron chi connectivity index (χ1n) is 6.53. The highest BCUT2D eigenvalue weighted by atomic mass is 16.5. The molecule has 1 N–H and O–H groups in total. The molecule has 1 aromatic carbocycles. The highest BCUT2D eigenvalue weighted by molar-refractivity contribution is 5.30. The average Bonchev–Trinajstić information content (AvgIpc) is 2.74. The Balaban J connectivity index is 2.15. The topological polar surface area (TPSA) is 59.2 Å². The molecule has 2 aromatic rings. The van der Waals surface area contributed by atoms with Crippen molar-refractivity contribution in [1.29, 1.82) is 0 Å². The van der Waals surface area contributed by atoms with Crippen LogP contribution in [-0.2, 0) is 6.42 Å². The summed E-state index contributed by atoms with van der Waals surface area (Å²) in [7, 11) is 0. The summed E-state index contributed by atoms with van der Waals surface area (Å²) < 4.78 is 5.20. The second-order valence-electron chi connectivity index (χ2n) is 5.25. The molecular weight excluding hydrogens is 240 g/mol. The summed E-state index contributed by atoms with van der Waals surface area (Å²) in [5.41, 5.74) is 3.64. The van der Waals surface area contributed by atoms with Gasteiger partial charge in [-0.1, -0.05) is 41.4 Å². The first kappa shape index (κ1) is 13.7. The van der Waals surface area contributed by atoms with Gasteiger partial charge in [-0.15, -0.1) is 0 Å². The SMILES string of the molecule is Cc1cc(C)cc(Cc2noc(C(C)C(C)O)n2)c1. The molecule has 0 bridgehead atoms. The van der Waals surface area contributed by atoms with Gasteiger partial charge in [0.15, 0.2) is 5.82 Å². The van der Waals surface area contributed by atoms with E-state index in [2.05, 4.69) is 42.2 Å². The summed E-state index contributed by atoms with van der Waals surface area (Å²) in [5, 5.41) is 13.5. The third-order valence-electron chi connectivity index (χ3n) is 3.24. The fourth-order valence-corrected chi connectivity index (χ4v) is 2.08. The highest BCUT2D eigenvalue weighted by Crippen LogP contribution is 2.18. The Morgan fingerprint density at radius 3 is 2.37 bits per heavy atom. The molecule has 0 radical (unpaired) electrons. The molecule has 4 nitrogen and oxygen atoms in total. The van der Waals surface area contributed by atoms with Crippen LogP contribution in [0.25, 0.3) is 0 Å². The molecule has 102 valence electrons. The number of aromatic nitrogens is 2. The van der Waals surface area contributed by atoms with E-state index in [1.807, 2.05) is 6.92 Å². The number of aliphatic hydroxyl groups is 1. The molecule has 1 heterocycles. The Kier molecular flexibility index (Phi) is 4.00. The minimum Gasteiger partial charge on any atom is -0.393 e. The monoisotopic (exact) mass is 260 g/mol. The van der Waals surface area contributed by atoms with Crippen LogP contribution >= 0.6 is 0 Å². The van der Waals surface area contributed by atoms with Crippen LogP contribution in [0, 0.1) is 13.8 Å². The normalized spacial score (nSPS) is 14.4. The third kappa shape index (κ3) is 3.41. The molecule has 0 saturated carbocycles. The van der Waals surface area contributed by atoms with E-state index in [-0.39, 0.29) is 5.92 Å². The molecule has 2 unspecified atom stereocenters. The van der Waals surface area contributed by atoms with Crippen LogP contribution in [0.5, 0.6) is 0 Å².